The van der Waals surface area contributed by atoms with E-state index < -0.39 is 20.1 Å². The number of Topliss-reactive ketones (excluding diaryl/α,β-unsaturated/α-hetero) is 1. The van der Waals surface area contributed by atoms with Gasteiger partial charge < -0.3 is 9.33 Å². The number of carbonyl (C=O) groups excluding carboxylic acids is 3. The molecule has 0 heterocycles. The van der Waals surface area contributed by atoms with Crippen molar-refractivity contribution >= 4 is 26.0 Å². The van der Waals surface area contributed by atoms with Crippen LogP contribution in [0.2, 0.25) is 19.1 Å². The Labute approximate surface area is 103 Å². The zero-order valence-electron chi connectivity index (χ0n) is 11.4. The molecule has 0 aliphatic carbocycles. The Morgan fingerprint density at radius 2 is 1.71 bits per heavy atom. The van der Waals surface area contributed by atoms with E-state index in [1.165, 1.54) is 11.8 Å². The second kappa shape index (κ2) is 5.95. The van der Waals surface area contributed by atoms with E-state index in [4.69, 9.17) is 4.43 Å². The number of nitrogens with zero attached hydrogens (tertiary/aromatic N) is 1. The molecule has 0 spiro atoms. The first-order valence-electron chi connectivity index (χ1n) is 5.52. The molecule has 0 aromatic carbocycles. The van der Waals surface area contributed by atoms with Crippen molar-refractivity contribution in [2.24, 2.45) is 5.92 Å². The van der Waals surface area contributed by atoms with Crippen LogP contribution < -0.4 is 0 Å². The molecular formula is C11H21NO4Si. The third-order valence-electron chi connectivity index (χ3n) is 2.32. The molecule has 17 heavy (non-hydrogen) atoms. The van der Waals surface area contributed by atoms with Crippen LogP contribution in [0.5, 0.6) is 0 Å². The van der Waals surface area contributed by atoms with Gasteiger partial charge >= 0.3 is 5.97 Å². The molecule has 0 aliphatic rings. The van der Waals surface area contributed by atoms with Crippen molar-refractivity contribution in [2.75, 3.05) is 14.1 Å². The largest absolute Gasteiger partial charge is 0.514 e. The van der Waals surface area contributed by atoms with Gasteiger partial charge in [0.15, 0.2) is 0 Å². The second-order valence-electron chi connectivity index (χ2n) is 5.04. The fourth-order valence-corrected chi connectivity index (χ4v) is 4.01. The van der Waals surface area contributed by atoms with Crippen molar-refractivity contribution in [2.45, 2.75) is 33.0 Å². The predicted molar refractivity (Wildman–Crippen MR) is 66.9 cm³/mol. The lowest BCUT2D eigenvalue weighted by molar-refractivity contribution is -0.146. The SMILES string of the molecule is CC(=O)C(=O)O[Si](C)(C)CC(C)C(=O)N(C)C. The van der Waals surface area contributed by atoms with Gasteiger partial charge in [0.05, 0.1) is 0 Å². The second-order valence-corrected chi connectivity index (χ2v) is 9.17. The van der Waals surface area contributed by atoms with Gasteiger partial charge in [-0.2, -0.15) is 0 Å². The molecule has 0 saturated heterocycles. The molecule has 0 aromatic heterocycles. The van der Waals surface area contributed by atoms with Gasteiger partial charge in [-0.25, -0.2) is 4.79 Å². The van der Waals surface area contributed by atoms with Gasteiger partial charge in [0.1, 0.15) is 0 Å². The number of carbonyl (C=O) groups is 3. The van der Waals surface area contributed by atoms with Crippen molar-refractivity contribution < 1.29 is 18.8 Å². The summed E-state index contributed by atoms with van der Waals surface area (Å²) in [7, 11) is 1.06. The van der Waals surface area contributed by atoms with Crippen molar-refractivity contribution in [3.63, 3.8) is 0 Å². The molecule has 1 unspecified atom stereocenters. The van der Waals surface area contributed by atoms with E-state index in [1.807, 2.05) is 13.1 Å². The Kier molecular flexibility index (Phi) is 5.54. The van der Waals surface area contributed by atoms with Crippen LogP contribution in [0, 0.1) is 5.92 Å². The lowest BCUT2D eigenvalue weighted by atomic mass is 10.2. The van der Waals surface area contributed by atoms with Gasteiger partial charge in [-0.15, -0.1) is 0 Å². The topological polar surface area (TPSA) is 63.7 Å². The summed E-state index contributed by atoms with van der Waals surface area (Å²) < 4.78 is 5.18. The summed E-state index contributed by atoms with van der Waals surface area (Å²) in [6, 6.07) is 0.517. The third-order valence-corrected chi connectivity index (χ3v) is 4.65. The molecule has 98 valence electrons. The zero-order valence-corrected chi connectivity index (χ0v) is 12.4. The lowest BCUT2D eigenvalue weighted by Crippen LogP contribution is -2.40. The molecule has 6 heteroatoms. The Hall–Kier alpha value is -1.17. The minimum absolute atomic E-state index is 0.00412. The lowest BCUT2D eigenvalue weighted by Gasteiger charge is -2.26. The monoisotopic (exact) mass is 259 g/mol. The van der Waals surface area contributed by atoms with E-state index >= 15 is 0 Å². The van der Waals surface area contributed by atoms with Crippen molar-refractivity contribution in [3.8, 4) is 0 Å². The molecule has 5 nitrogen and oxygen atoms in total. The molecule has 1 atom stereocenters. The highest BCUT2D eigenvalue weighted by Gasteiger charge is 2.33. The minimum Gasteiger partial charge on any atom is -0.514 e. The first-order chi connectivity index (χ1) is 7.57. The fourth-order valence-electron chi connectivity index (χ4n) is 1.63. The third kappa shape index (κ3) is 5.62. The molecular weight excluding hydrogens is 238 g/mol. The van der Waals surface area contributed by atoms with E-state index in [2.05, 4.69) is 0 Å². The Bertz CT molecular complexity index is 325. The molecule has 0 saturated carbocycles. The van der Waals surface area contributed by atoms with Crippen LogP contribution in [-0.2, 0) is 18.8 Å². The summed E-state index contributed by atoms with van der Waals surface area (Å²) in [5.41, 5.74) is 0. The van der Waals surface area contributed by atoms with Crippen LogP contribution in [0.4, 0.5) is 0 Å². The normalized spacial score (nSPS) is 12.8. The van der Waals surface area contributed by atoms with Crippen LogP contribution in [0.15, 0.2) is 0 Å². The minimum atomic E-state index is -2.32. The van der Waals surface area contributed by atoms with Gasteiger partial charge in [0, 0.05) is 26.9 Å². The molecule has 0 aliphatic heterocycles. The average molecular weight is 259 g/mol. The van der Waals surface area contributed by atoms with Crippen molar-refractivity contribution in [1.29, 1.82) is 0 Å². The van der Waals surface area contributed by atoms with Gasteiger partial charge in [-0.05, 0) is 19.1 Å². The van der Waals surface area contributed by atoms with Crippen molar-refractivity contribution in [1.82, 2.24) is 4.90 Å². The molecule has 0 fully saturated rings. The van der Waals surface area contributed by atoms with Crippen LogP contribution in [0.25, 0.3) is 0 Å². The molecule has 1 amide bonds. The van der Waals surface area contributed by atoms with Gasteiger partial charge in [0.25, 0.3) is 0 Å². The maximum Gasteiger partial charge on any atom is 0.360 e. The van der Waals surface area contributed by atoms with Crippen LogP contribution in [0.3, 0.4) is 0 Å². The average Bonchev–Trinajstić information content (AvgIpc) is 2.14. The van der Waals surface area contributed by atoms with E-state index in [9.17, 15) is 14.4 Å². The van der Waals surface area contributed by atoms with Gasteiger partial charge in [0.2, 0.25) is 20.0 Å². The molecule has 0 aromatic rings. The van der Waals surface area contributed by atoms with Crippen LogP contribution >= 0.6 is 0 Å². The summed E-state index contributed by atoms with van der Waals surface area (Å²) in [5.74, 6) is -1.60. The summed E-state index contributed by atoms with van der Waals surface area (Å²) in [6.45, 7) is 6.64. The summed E-state index contributed by atoms with van der Waals surface area (Å²) in [5, 5.41) is 0. The van der Waals surface area contributed by atoms with E-state index in [-0.39, 0.29) is 11.8 Å². The van der Waals surface area contributed by atoms with Crippen LogP contribution in [0.1, 0.15) is 13.8 Å². The molecule has 0 bridgehead atoms. The quantitative estimate of drug-likeness (QED) is 0.547. The number of hydrogen-bond donors (Lipinski definition) is 0. The standard InChI is InChI=1S/C11H21NO4Si/c1-8(10(14)12(3)4)7-17(5,6)16-11(15)9(2)13/h8H,7H2,1-6H3. The number of rotatable bonds is 5. The number of hydrogen-bond acceptors (Lipinski definition) is 4. The molecule has 0 radical (unpaired) electrons. The first kappa shape index (κ1) is 15.8. The Morgan fingerprint density at radius 1 is 1.24 bits per heavy atom. The first-order valence-corrected chi connectivity index (χ1v) is 8.63. The highest BCUT2D eigenvalue weighted by Crippen LogP contribution is 2.19. The Morgan fingerprint density at radius 3 is 2.06 bits per heavy atom. The van der Waals surface area contributed by atoms with E-state index in [0.29, 0.717) is 6.04 Å². The van der Waals surface area contributed by atoms with Crippen LogP contribution in [-0.4, -0.2) is 45.0 Å². The fraction of sp³-hybridized carbons (Fsp3) is 0.727. The van der Waals surface area contributed by atoms with E-state index in [0.717, 1.165) is 0 Å². The van der Waals surface area contributed by atoms with Crippen molar-refractivity contribution in [3.05, 3.63) is 0 Å². The van der Waals surface area contributed by atoms with Gasteiger partial charge in [-0.1, -0.05) is 6.92 Å². The molecule has 0 rings (SSSR count). The zero-order chi connectivity index (χ0) is 13.8. The van der Waals surface area contributed by atoms with E-state index in [1.54, 1.807) is 21.0 Å². The summed E-state index contributed by atoms with van der Waals surface area (Å²) in [6.07, 6.45) is 0. The maximum absolute atomic E-state index is 11.7. The smallest absolute Gasteiger partial charge is 0.360 e. The number of amides is 1. The number of ketones is 1. The molecule has 0 N–H and O–H groups in total. The summed E-state index contributed by atoms with van der Waals surface area (Å²) >= 11 is 0. The highest BCUT2D eigenvalue weighted by molar-refractivity contribution is 6.74. The highest BCUT2D eigenvalue weighted by atomic mass is 28.4. The summed E-state index contributed by atoms with van der Waals surface area (Å²) in [4.78, 5) is 35.2. The maximum atomic E-state index is 11.7. The Balaban J connectivity index is 4.49. The van der Waals surface area contributed by atoms with Gasteiger partial charge in [-0.3, -0.25) is 9.59 Å². The predicted octanol–water partition coefficient (Wildman–Crippen LogP) is 1.05.